The third kappa shape index (κ3) is 1.91. The van der Waals surface area contributed by atoms with Crippen molar-refractivity contribution < 1.29 is 0 Å². The van der Waals surface area contributed by atoms with E-state index >= 15 is 0 Å². The maximum atomic E-state index is 4.64. The lowest BCUT2D eigenvalue weighted by molar-refractivity contribution is 0.414. The number of nitrogens with one attached hydrogen (secondary N) is 1. The minimum absolute atomic E-state index is 0.267. The number of fused-ring (bicyclic) bond motifs is 5. The predicted octanol–water partition coefficient (Wildman–Crippen LogP) is 4.55. The van der Waals surface area contributed by atoms with Crippen molar-refractivity contribution in [1.82, 2.24) is 4.98 Å². The Morgan fingerprint density at radius 3 is 2.48 bits per heavy atom. The van der Waals surface area contributed by atoms with Crippen LogP contribution in [0.3, 0.4) is 0 Å². The van der Waals surface area contributed by atoms with Gasteiger partial charge in [-0.1, -0.05) is 48.5 Å². The van der Waals surface area contributed by atoms with E-state index in [0.29, 0.717) is 11.8 Å². The molecule has 0 amide bonds. The molecule has 2 heterocycles. The molecule has 5 rings (SSSR count). The molecule has 3 aromatic rings. The first-order valence-corrected chi connectivity index (χ1v) is 8.26. The molecule has 0 bridgehead atoms. The van der Waals surface area contributed by atoms with E-state index in [1.165, 1.54) is 22.4 Å². The summed E-state index contributed by atoms with van der Waals surface area (Å²) in [5.74, 6) is 0.993. The first kappa shape index (κ1) is 12.9. The highest BCUT2D eigenvalue weighted by molar-refractivity contribution is 5.62. The average Bonchev–Trinajstić information content (AvgIpc) is 3.01. The second-order valence-corrected chi connectivity index (χ2v) is 6.51. The van der Waals surface area contributed by atoms with Crippen LogP contribution >= 0.6 is 0 Å². The Balaban J connectivity index is 1.70. The van der Waals surface area contributed by atoms with Crippen LogP contribution in [0.5, 0.6) is 0 Å². The first-order valence-electron chi connectivity index (χ1n) is 8.26. The quantitative estimate of drug-likeness (QED) is 0.713. The molecule has 3 atom stereocenters. The Hall–Kier alpha value is -2.61. The normalized spacial score (nSPS) is 24.3. The van der Waals surface area contributed by atoms with Gasteiger partial charge in [0.05, 0.1) is 11.7 Å². The van der Waals surface area contributed by atoms with Gasteiger partial charge in [0.15, 0.2) is 0 Å². The van der Waals surface area contributed by atoms with E-state index in [-0.39, 0.29) is 6.04 Å². The van der Waals surface area contributed by atoms with E-state index < -0.39 is 0 Å². The minimum atomic E-state index is 0.267. The summed E-state index contributed by atoms with van der Waals surface area (Å²) < 4.78 is 0. The fraction of sp³-hybridized carbons (Fsp3) is 0.190. The molecule has 2 aliphatic rings. The summed E-state index contributed by atoms with van der Waals surface area (Å²) in [6.45, 7) is 0. The number of pyridine rings is 1. The van der Waals surface area contributed by atoms with E-state index in [2.05, 4.69) is 71.0 Å². The summed E-state index contributed by atoms with van der Waals surface area (Å²) in [5.41, 5.74) is 6.80. The highest BCUT2D eigenvalue weighted by Crippen LogP contribution is 2.53. The zero-order valence-corrected chi connectivity index (χ0v) is 12.8. The Morgan fingerprint density at radius 1 is 0.826 bits per heavy atom. The van der Waals surface area contributed by atoms with Crippen molar-refractivity contribution >= 4 is 5.69 Å². The highest BCUT2D eigenvalue weighted by atomic mass is 15.0. The van der Waals surface area contributed by atoms with E-state index in [1.807, 2.05) is 12.3 Å². The fourth-order valence-electron chi connectivity index (χ4n) is 4.36. The number of aromatic nitrogens is 1. The number of benzene rings is 2. The second kappa shape index (κ2) is 4.95. The zero-order chi connectivity index (χ0) is 15.2. The van der Waals surface area contributed by atoms with E-state index in [4.69, 9.17) is 0 Å². The zero-order valence-electron chi connectivity index (χ0n) is 12.8. The summed E-state index contributed by atoms with van der Waals surface area (Å²) in [7, 11) is 0. The SMILES string of the molecule is c1ccc(C2Nc3ccccc3C3c4ccccc4CC23)nc1. The molecule has 0 saturated heterocycles. The van der Waals surface area contributed by atoms with Gasteiger partial charge < -0.3 is 5.32 Å². The van der Waals surface area contributed by atoms with Crippen LogP contribution in [0.4, 0.5) is 5.69 Å². The molecule has 1 aromatic heterocycles. The third-order valence-corrected chi connectivity index (χ3v) is 5.32. The second-order valence-electron chi connectivity index (χ2n) is 6.51. The summed E-state index contributed by atoms with van der Waals surface area (Å²) in [5, 5.41) is 3.76. The molecule has 1 aliphatic heterocycles. The van der Waals surface area contributed by atoms with Crippen LogP contribution in [0.25, 0.3) is 0 Å². The van der Waals surface area contributed by atoms with Crippen LogP contribution in [-0.4, -0.2) is 4.98 Å². The highest BCUT2D eigenvalue weighted by Gasteiger charge is 2.43. The van der Waals surface area contributed by atoms with Crippen LogP contribution < -0.4 is 5.32 Å². The number of rotatable bonds is 1. The van der Waals surface area contributed by atoms with Crippen LogP contribution in [0.15, 0.2) is 72.9 Å². The monoisotopic (exact) mass is 298 g/mol. The van der Waals surface area contributed by atoms with Crippen LogP contribution in [0.1, 0.15) is 34.3 Å². The van der Waals surface area contributed by atoms with Crippen molar-refractivity contribution in [2.45, 2.75) is 18.4 Å². The van der Waals surface area contributed by atoms with Gasteiger partial charge in [0.25, 0.3) is 0 Å². The summed E-state index contributed by atoms with van der Waals surface area (Å²) in [6, 6.07) is 24.1. The molecule has 1 N–H and O–H groups in total. The summed E-state index contributed by atoms with van der Waals surface area (Å²) in [6.07, 6.45) is 3.01. The Labute approximate surface area is 136 Å². The molecule has 0 spiro atoms. The van der Waals surface area contributed by atoms with Crippen molar-refractivity contribution in [3.8, 4) is 0 Å². The molecule has 0 saturated carbocycles. The van der Waals surface area contributed by atoms with Gasteiger partial charge in [0, 0.05) is 17.8 Å². The minimum Gasteiger partial charge on any atom is -0.376 e. The van der Waals surface area contributed by atoms with Gasteiger partial charge in [-0.2, -0.15) is 0 Å². The Morgan fingerprint density at radius 2 is 1.61 bits per heavy atom. The van der Waals surface area contributed by atoms with Crippen molar-refractivity contribution in [1.29, 1.82) is 0 Å². The van der Waals surface area contributed by atoms with Crippen molar-refractivity contribution in [3.05, 3.63) is 95.3 Å². The lowest BCUT2D eigenvalue weighted by Crippen LogP contribution is -2.30. The average molecular weight is 298 g/mol. The van der Waals surface area contributed by atoms with Gasteiger partial charge in [0.2, 0.25) is 0 Å². The summed E-state index contributed by atoms with van der Waals surface area (Å²) >= 11 is 0. The van der Waals surface area contributed by atoms with Gasteiger partial charge >= 0.3 is 0 Å². The molecule has 2 aromatic carbocycles. The number of hydrogen-bond donors (Lipinski definition) is 1. The maximum Gasteiger partial charge on any atom is 0.0725 e. The maximum absolute atomic E-state index is 4.64. The van der Waals surface area contributed by atoms with Gasteiger partial charge in [-0.25, -0.2) is 0 Å². The van der Waals surface area contributed by atoms with Crippen LogP contribution in [-0.2, 0) is 6.42 Å². The standard InChI is InChI=1S/C21H18N2/c1-2-8-15-14(7-1)13-17-20(15)16-9-3-4-10-18(16)23-21(17)19-11-5-6-12-22-19/h1-12,17,20-21,23H,13H2. The van der Waals surface area contributed by atoms with Gasteiger partial charge in [-0.15, -0.1) is 0 Å². The topological polar surface area (TPSA) is 24.9 Å². The van der Waals surface area contributed by atoms with Crippen LogP contribution in [0.2, 0.25) is 0 Å². The molecule has 0 radical (unpaired) electrons. The number of para-hydroxylation sites is 1. The molecular weight excluding hydrogens is 280 g/mol. The predicted molar refractivity (Wildman–Crippen MR) is 92.5 cm³/mol. The molecule has 23 heavy (non-hydrogen) atoms. The van der Waals surface area contributed by atoms with Crippen molar-refractivity contribution in [3.63, 3.8) is 0 Å². The Kier molecular flexibility index (Phi) is 2.77. The molecule has 1 aliphatic carbocycles. The molecule has 112 valence electrons. The smallest absolute Gasteiger partial charge is 0.0725 e. The Bertz CT molecular complexity index is 856. The molecule has 2 heteroatoms. The van der Waals surface area contributed by atoms with Crippen LogP contribution in [0, 0.1) is 5.92 Å². The van der Waals surface area contributed by atoms with E-state index in [0.717, 1.165) is 12.1 Å². The number of hydrogen-bond acceptors (Lipinski definition) is 2. The summed E-state index contributed by atoms with van der Waals surface area (Å²) in [4.78, 5) is 4.64. The van der Waals surface area contributed by atoms with E-state index in [1.54, 1.807) is 0 Å². The van der Waals surface area contributed by atoms with Gasteiger partial charge in [-0.05, 0) is 47.2 Å². The molecular formula is C21H18N2. The first-order chi connectivity index (χ1) is 11.4. The number of nitrogens with zero attached hydrogens (tertiary/aromatic N) is 1. The third-order valence-electron chi connectivity index (χ3n) is 5.32. The van der Waals surface area contributed by atoms with Crippen molar-refractivity contribution in [2.75, 3.05) is 5.32 Å². The van der Waals surface area contributed by atoms with E-state index in [9.17, 15) is 0 Å². The number of anilines is 1. The fourth-order valence-corrected chi connectivity index (χ4v) is 4.36. The molecule has 3 unspecified atom stereocenters. The lowest BCUT2D eigenvalue weighted by atomic mass is 9.76. The molecule has 0 fully saturated rings. The van der Waals surface area contributed by atoms with Gasteiger partial charge in [0.1, 0.15) is 0 Å². The lowest BCUT2D eigenvalue weighted by Gasteiger charge is -2.37. The van der Waals surface area contributed by atoms with Gasteiger partial charge in [-0.3, -0.25) is 4.98 Å². The largest absolute Gasteiger partial charge is 0.376 e. The molecule has 2 nitrogen and oxygen atoms in total. The van der Waals surface area contributed by atoms with Crippen molar-refractivity contribution in [2.24, 2.45) is 5.92 Å².